The highest BCUT2D eigenvalue weighted by molar-refractivity contribution is 6.48. The second kappa shape index (κ2) is 7.27. The number of carboxylic acid groups (broad SMARTS) is 1. The van der Waals surface area contributed by atoms with Crippen LogP contribution in [-0.2, 0) is 14.4 Å². The lowest BCUT2D eigenvalue weighted by molar-refractivity contribution is -0.170. The van der Waals surface area contributed by atoms with Crippen LogP contribution in [-0.4, -0.2) is 22.6 Å². The zero-order valence-electron chi connectivity index (χ0n) is 21.7. The SMILES string of the molecule is CC1=C2C(=CC(=O)C1=O)[C@H]1CCC[C@@]3(C)[C@@H]4C[C@](C)(C(=O)O)CC[C@]4(C)CC[C@]3(C)C1=CC2C. The first-order valence-corrected chi connectivity index (χ1v) is 13.2. The van der Waals surface area contributed by atoms with Crippen molar-refractivity contribution in [3.63, 3.8) is 0 Å². The molecule has 1 N–H and O–H groups in total. The predicted octanol–water partition coefficient (Wildman–Crippen LogP) is 6.46. The molecule has 0 saturated heterocycles. The van der Waals surface area contributed by atoms with Gasteiger partial charge in [0.15, 0.2) is 0 Å². The number of carbonyl (C=O) groups is 3. The topological polar surface area (TPSA) is 71.4 Å². The van der Waals surface area contributed by atoms with E-state index in [1.54, 1.807) is 6.08 Å². The summed E-state index contributed by atoms with van der Waals surface area (Å²) >= 11 is 0. The fourth-order valence-electron chi connectivity index (χ4n) is 9.04. The minimum atomic E-state index is -0.656. The molecule has 0 aliphatic heterocycles. The molecule has 3 saturated carbocycles. The number of fused-ring (bicyclic) bond motifs is 7. The third kappa shape index (κ3) is 2.92. The maximum atomic E-state index is 12.6. The van der Waals surface area contributed by atoms with E-state index >= 15 is 0 Å². The van der Waals surface area contributed by atoms with Crippen molar-refractivity contribution in [2.75, 3.05) is 0 Å². The number of hydrogen-bond donors (Lipinski definition) is 1. The van der Waals surface area contributed by atoms with E-state index in [0.29, 0.717) is 11.5 Å². The molecule has 0 spiro atoms. The van der Waals surface area contributed by atoms with Gasteiger partial charge in [0.25, 0.3) is 0 Å². The van der Waals surface area contributed by atoms with Crippen molar-refractivity contribution < 1.29 is 19.5 Å². The van der Waals surface area contributed by atoms with Crippen LogP contribution in [0.25, 0.3) is 0 Å². The molecular weight excluding hydrogens is 424 g/mol. The number of hydrogen-bond acceptors (Lipinski definition) is 3. The van der Waals surface area contributed by atoms with E-state index in [1.807, 2.05) is 13.8 Å². The lowest BCUT2D eigenvalue weighted by Gasteiger charge is -2.65. The van der Waals surface area contributed by atoms with Gasteiger partial charge in [0.2, 0.25) is 11.6 Å². The zero-order chi connectivity index (χ0) is 24.8. The van der Waals surface area contributed by atoms with Crippen LogP contribution in [0.3, 0.4) is 0 Å². The number of Topliss-reactive ketones (excluding diaryl/α,β-unsaturated/α-hetero) is 1. The summed E-state index contributed by atoms with van der Waals surface area (Å²) in [5.74, 6) is -0.728. The van der Waals surface area contributed by atoms with Gasteiger partial charge in [0.05, 0.1) is 5.41 Å². The number of rotatable bonds is 1. The second-order valence-corrected chi connectivity index (χ2v) is 13.2. The molecule has 184 valence electrons. The molecule has 0 radical (unpaired) electrons. The smallest absolute Gasteiger partial charge is 0.309 e. The molecule has 0 aromatic carbocycles. The summed E-state index contributed by atoms with van der Waals surface area (Å²) in [7, 11) is 0. The van der Waals surface area contributed by atoms with Crippen LogP contribution in [0.15, 0.2) is 34.4 Å². The molecule has 0 aromatic heterocycles. The van der Waals surface area contributed by atoms with E-state index in [0.717, 1.165) is 62.5 Å². The van der Waals surface area contributed by atoms with E-state index in [4.69, 9.17) is 0 Å². The Morgan fingerprint density at radius 3 is 2.38 bits per heavy atom. The van der Waals surface area contributed by atoms with Crippen LogP contribution in [0.4, 0.5) is 0 Å². The molecule has 5 rings (SSSR count). The molecule has 1 unspecified atom stereocenters. The Labute approximate surface area is 204 Å². The van der Waals surface area contributed by atoms with Gasteiger partial charge in [0.1, 0.15) is 0 Å². The van der Waals surface area contributed by atoms with Gasteiger partial charge in [-0.15, -0.1) is 0 Å². The van der Waals surface area contributed by atoms with Crippen molar-refractivity contribution in [1.29, 1.82) is 0 Å². The molecule has 7 atom stereocenters. The molecule has 4 nitrogen and oxygen atoms in total. The normalized spacial score (nSPS) is 46.4. The van der Waals surface area contributed by atoms with Crippen LogP contribution in [0.5, 0.6) is 0 Å². The van der Waals surface area contributed by atoms with Gasteiger partial charge in [-0.05, 0) is 104 Å². The molecule has 0 bridgehead atoms. The average Bonchev–Trinajstić information content (AvgIpc) is 2.88. The number of ketones is 2. The molecule has 5 aliphatic rings. The van der Waals surface area contributed by atoms with Crippen LogP contribution in [0, 0.1) is 39.4 Å². The molecule has 5 aliphatic carbocycles. The Balaban J connectivity index is 1.65. The zero-order valence-corrected chi connectivity index (χ0v) is 21.7. The Bertz CT molecular complexity index is 1090. The highest BCUT2D eigenvalue weighted by atomic mass is 16.4. The Hall–Kier alpha value is -1.97. The molecule has 3 fully saturated rings. The van der Waals surface area contributed by atoms with Gasteiger partial charge < -0.3 is 5.11 Å². The number of carbonyl (C=O) groups excluding carboxylic acids is 2. The van der Waals surface area contributed by atoms with Crippen molar-refractivity contribution in [1.82, 2.24) is 0 Å². The van der Waals surface area contributed by atoms with Gasteiger partial charge >= 0.3 is 5.97 Å². The molecule has 0 amide bonds. The first-order valence-electron chi connectivity index (χ1n) is 13.2. The maximum Gasteiger partial charge on any atom is 0.309 e. The summed E-state index contributed by atoms with van der Waals surface area (Å²) in [6, 6.07) is 0. The lowest BCUT2D eigenvalue weighted by atomic mass is 9.38. The van der Waals surface area contributed by atoms with E-state index in [2.05, 4.69) is 33.8 Å². The summed E-state index contributed by atoms with van der Waals surface area (Å²) in [6.07, 6.45) is 11.9. The van der Waals surface area contributed by atoms with Crippen LogP contribution in [0.2, 0.25) is 0 Å². The average molecular weight is 465 g/mol. The molecule has 0 heterocycles. The van der Waals surface area contributed by atoms with Crippen molar-refractivity contribution in [3.8, 4) is 0 Å². The Morgan fingerprint density at radius 1 is 1.03 bits per heavy atom. The monoisotopic (exact) mass is 464 g/mol. The van der Waals surface area contributed by atoms with Gasteiger partial charge in [-0.3, -0.25) is 14.4 Å². The Kier molecular flexibility index (Phi) is 5.08. The summed E-state index contributed by atoms with van der Waals surface area (Å²) in [5, 5.41) is 10.1. The summed E-state index contributed by atoms with van der Waals surface area (Å²) in [4.78, 5) is 37.4. The first-order chi connectivity index (χ1) is 15.8. The molecule has 4 heteroatoms. The molecule has 34 heavy (non-hydrogen) atoms. The van der Waals surface area contributed by atoms with E-state index in [9.17, 15) is 19.5 Å². The minimum Gasteiger partial charge on any atom is -0.481 e. The van der Waals surface area contributed by atoms with Crippen molar-refractivity contribution in [2.24, 2.45) is 39.4 Å². The Morgan fingerprint density at radius 2 is 1.71 bits per heavy atom. The van der Waals surface area contributed by atoms with Gasteiger partial charge in [-0.25, -0.2) is 0 Å². The number of carboxylic acids is 1. The van der Waals surface area contributed by atoms with Crippen LogP contribution < -0.4 is 0 Å². The summed E-state index contributed by atoms with van der Waals surface area (Å²) in [5.41, 5.74) is 3.72. The second-order valence-electron chi connectivity index (χ2n) is 13.2. The van der Waals surface area contributed by atoms with Gasteiger partial charge in [-0.1, -0.05) is 45.8 Å². The van der Waals surface area contributed by atoms with E-state index < -0.39 is 11.4 Å². The third-order valence-corrected chi connectivity index (χ3v) is 11.5. The predicted molar refractivity (Wildman–Crippen MR) is 132 cm³/mol. The van der Waals surface area contributed by atoms with E-state index in [1.165, 1.54) is 5.57 Å². The van der Waals surface area contributed by atoms with Crippen molar-refractivity contribution >= 4 is 17.5 Å². The maximum absolute atomic E-state index is 12.6. The third-order valence-electron chi connectivity index (χ3n) is 11.5. The molecule has 0 aromatic rings. The first kappa shape index (κ1) is 23.8. The quantitative estimate of drug-likeness (QED) is 0.275. The van der Waals surface area contributed by atoms with Gasteiger partial charge in [0, 0.05) is 11.5 Å². The fraction of sp³-hybridized carbons (Fsp3) is 0.700. The highest BCUT2D eigenvalue weighted by Crippen LogP contribution is 2.72. The summed E-state index contributed by atoms with van der Waals surface area (Å²) in [6.45, 7) is 13.3. The summed E-state index contributed by atoms with van der Waals surface area (Å²) < 4.78 is 0. The number of allylic oxidation sites excluding steroid dienone is 6. The van der Waals surface area contributed by atoms with Crippen LogP contribution >= 0.6 is 0 Å². The van der Waals surface area contributed by atoms with E-state index in [-0.39, 0.29) is 39.6 Å². The van der Waals surface area contributed by atoms with Crippen molar-refractivity contribution in [3.05, 3.63) is 34.4 Å². The minimum absolute atomic E-state index is 0.00273. The van der Waals surface area contributed by atoms with Crippen molar-refractivity contribution in [2.45, 2.75) is 92.9 Å². The largest absolute Gasteiger partial charge is 0.481 e. The standard InChI is InChI=1S/C30H40O4/c1-17-14-21-19(20-15-22(31)25(32)18(2)24(17)20)8-7-9-30(6)23-16-28(4,26(33)34)11-10-27(23,3)12-13-29(21,30)5/h14-15,17,19,23H,7-13,16H2,1-6H3,(H,33,34)/t17?,19-,23-,27-,28-,29-,30+/m1/s1. The highest BCUT2D eigenvalue weighted by Gasteiger charge is 2.64. The van der Waals surface area contributed by atoms with Gasteiger partial charge in [-0.2, -0.15) is 0 Å². The number of aliphatic carboxylic acids is 1. The lowest BCUT2D eigenvalue weighted by Crippen LogP contribution is -2.58. The molecular formula is C30H40O4. The fourth-order valence-corrected chi connectivity index (χ4v) is 9.04. The van der Waals surface area contributed by atoms with Crippen LogP contribution in [0.1, 0.15) is 92.9 Å².